The second kappa shape index (κ2) is 5.96. The third-order valence-corrected chi connectivity index (χ3v) is 2.95. The minimum atomic E-state index is -0.328. The summed E-state index contributed by atoms with van der Waals surface area (Å²) in [6.07, 6.45) is 2.04. The maximum atomic E-state index is 10.8. The van der Waals surface area contributed by atoms with Gasteiger partial charge in [-0.1, -0.05) is 61.5 Å². The predicted molar refractivity (Wildman–Crippen MR) is 77.1 cm³/mol. The van der Waals surface area contributed by atoms with Crippen LogP contribution < -0.4 is 0 Å². The zero-order chi connectivity index (χ0) is 13.7. The predicted octanol–water partition coefficient (Wildman–Crippen LogP) is 4.38. The van der Waals surface area contributed by atoms with E-state index >= 15 is 0 Å². The van der Waals surface area contributed by atoms with E-state index in [9.17, 15) is 10.1 Å². The summed E-state index contributed by atoms with van der Waals surface area (Å²) >= 11 is 0. The maximum absolute atomic E-state index is 10.8. The number of rotatable bonds is 4. The standard InChI is InChI=1S/C16H15NO2/c1-2-16(17(18)19)12-13-8-10-15(11-9-13)14-6-4-3-5-7-14/h3-12H,2H2,1H3/b16-12+. The molecule has 0 unspecified atom stereocenters. The molecular formula is C16H15NO2. The fourth-order valence-electron chi connectivity index (χ4n) is 1.88. The number of hydrogen-bond acceptors (Lipinski definition) is 2. The largest absolute Gasteiger partial charge is 0.259 e. The van der Waals surface area contributed by atoms with Crippen LogP contribution in [0.2, 0.25) is 0 Å². The van der Waals surface area contributed by atoms with Gasteiger partial charge in [0.05, 0.1) is 4.92 Å². The number of allylic oxidation sites excluding steroid dienone is 1. The van der Waals surface area contributed by atoms with Gasteiger partial charge in [-0.05, 0) is 16.7 Å². The van der Waals surface area contributed by atoms with Crippen molar-refractivity contribution in [1.29, 1.82) is 0 Å². The van der Waals surface area contributed by atoms with E-state index in [2.05, 4.69) is 0 Å². The lowest BCUT2D eigenvalue weighted by Gasteiger charge is -2.02. The topological polar surface area (TPSA) is 43.1 Å². The molecule has 0 atom stereocenters. The van der Waals surface area contributed by atoms with Crippen molar-refractivity contribution >= 4 is 6.08 Å². The molecule has 3 nitrogen and oxygen atoms in total. The van der Waals surface area contributed by atoms with E-state index in [0.717, 1.165) is 16.7 Å². The van der Waals surface area contributed by atoms with E-state index in [1.807, 2.05) is 54.6 Å². The second-order valence-corrected chi connectivity index (χ2v) is 4.23. The highest BCUT2D eigenvalue weighted by atomic mass is 16.6. The molecule has 0 bridgehead atoms. The Morgan fingerprint density at radius 3 is 2.16 bits per heavy atom. The molecule has 19 heavy (non-hydrogen) atoms. The van der Waals surface area contributed by atoms with Crippen LogP contribution in [0.15, 0.2) is 60.3 Å². The highest BCUT2D eigenvalue weighted by Gasteiger charge is 2.06. The number of benzene rings is 2. The highest BCUT2D eigenvalue weighted by molar-refractivity contribution is 5.65. The molecule has 0 N–H and O–H groups in total. The van der Waals surface area contributed by atoms with Crippen LogP contribution in [0.4, 0.5) is 0 Å². The van der Waals surface area contributed by atoms with E-state index in [1.165, 1.54) is 0 Å². The number of nitrogens with zero attached hydrogens (tertiary/aromatic N) is 1. The number of nitro groups is 1. The smallest absolute Gasteiger partial charge is 0.246 e. The van der Waals surface area contributed by atoms with Crippen LogP contribution in [-0.2, 0) is 0 Å². The van der Waals surface area contributed by atoms with Crippen molar-refractivity contribution in [2.24, 2.45) is 0 Å². The van der Waals surface area contributed by atoms with Gasteiger partial charge in [0.15, 0.2) is 0 Å². The summed E-state index contributed by atoms with van der Waals surface area (Å²) in [5.74, 6) is 0. The molecule has 0 aliphatic carbocycles. The van der Waals surface area contributed by atoms with Gasteiger partial charge in [-0.2, -0.15) is 0 Å². The van der Waals surface area contributed by atoms with Crippen molar-refractivity contribution in [2.45, 2.75) is 13.3 Å². The summed E-state index contributed by atoms with van der Waals surface area (Å²) in [4.78, 5) is 10.4. The fraction of sp³-hybridized carbons (Fsp3) is 0.125. The average Bonchev–Trinajstić information content (AvgIpc) is 2.46. The summed E-state index contributed by atoms with van der Waals surface area (Å²) in [5, 5.41) is 10.8. The molecule has 0 aliphatic heterocycles. The Morgan fingerprint density at radius 1 is 1.05 bits per heavy atom. The molecule has 3 heteroatoms. The van der Waals surface area contributed by atoms with Crippen LogP contribution in [0.1, 0.15) is 18.9 Å². The Labute approximate surface area is 112 Å². The summed E-state index contributed by atoms with van der Waals surface area (Å²) in [6, 6.07) is 17.8. The van der Waals surface area contributed by atoms with Gasteiger partial charge in [-0.15, -0.1) is 0 Å². The molecule has 0 spiro atoms. The molecule has 0 radical (unpaired) electrons. The lowest BCUT2D eigenvalue weighted by atomic mass is 10.0. The molecule has 0 fully saturated rings. The lowest BCUT2D eigenvalue weighted by Crippen LogP contribution is -1.96. The van der Waals surface area contributed by atoms with Crippen LogP contribution in [0.3, 0.4) is 0 Å². The highest BCUT2D eigenvalue weighted by Crippen LogP contribution is 2.20. The van der Waals surface area contributed by atoms with Crippen molar-refractivity contribution in [2.75, 3.05) is 0 Å². The van der Waals surface area contributed by atoms with Crippen LogP contribution in [-0.4, -0.2) is 4.92 Å². The van der Waals surface area contributed by atoms with Crippen molar-refractivity contribution in [3.05, 3.63) is 76.0 Å². The molecule has 2 aromatic rings. The minimum absolute atomic E-state index is 0.229. The first-order valence-corrected chi connectivity index (χ1v) is 6.21. The molecular weight excluding hydrogens is 238 g/mol. The van der Waals surface area contributed by atoms with Gasteiger partial charge in [-0.3, -0.25) is 10.1 Å². The van der Waals surface area contributed by atoms with Gasteiger partial charge < -0.3 is 0 Å². The monoisotopic (exact) mass is 253 g/mol. The van der Waals surface area contributed by atoms with Crippen LogP contribution in [0, 0.1) is 10.1 Å². The van der Waals surface area contributed by atoms with Gasteiger partial charge in [0.25, 0.3) is 0 Å². The molecule has 0 saturated carbocycles. The van der Waals surface area contributed by atoms with E-state index in [1.54, 1.807) is 13.0 Å². The van der Waals surface area contributed by atoms with E-state index < -0.39 is 0 Å². The van der Waals surface area contributed by atoms with Gasteiger partial charge in [0.1, 0.15) is 0 Å². The van der Waals surface area contributed by atoms with Crippen molar-refractivity contribution < 1.29 is 4.92 Å². The molecule has 0 saturated heterocycles. The third kappa shape index (κ3) is 3.28. The summed E-state index contributed by atoms with van der Waals surface area (Å²) in [7, 11) is 0. The van der Waals surface area contributed by atoms with Gasteiger partial charge in [0.2, 0.25) is 5.70 Å². The Balaban J connectivity index is 2.27. The summed E-state index contributed by atoms with van der Waals surface area (Å²) < 4.78 is 0. The molecule has 0 heterocycles. The Hall–Kier alpha value is -2.42. The van der Waals surface area contributed by atoms with Crippen LogP contribution >= 0.6 is 0 Å². The molecule has 2 aromatic carbocycles. The van der Waals surface area contributed by atoms with Crippen LogP contribution in [0.5, 0.6) is 0 Å². The number of hydrogen-bond donors (Lipinski definition) is 0. The summed E-state index contributed by atoms with van der Waals surface area (Å²) in [6.45, 7) is 1.78. The Morgan fingerprint density at radius 2 is 1.63 bits per heavy atom. The lowest BCUT2D eigenvalue weighted by molar-refractivity contribution is -0.425. The zero-order valence-electron chi connectivity index (χ0n) is 10.7. The minimum Gasteiger partial charge on any atom is -0.259 e. The quantitative estimate of drug-likeness (QED) is 0.599. The van der Waals surface area contributed by atoms with Crippen molar-refractivity contribution in [1.82, 2.24) is 0 Å². The van der Waals surface area contributed by atoms with E-state index in [0.29, 0.717) is 6.42 Å². The molecule has 0 aliphatic rings. The first-order valence-electron chi connectivity index (χ1n) is 6.21. The SMILES string of the molecule is CC/C(=C\c1ccc(-c2ccccc2)cc1)[N+](=O)[O-]. The first kappa shape index (κ1) is 13.0. The molecule has 2 rings (SSSR count). The second-order valence-electron chi connectivity index (χ2n) is 4.23. The van der Waals surface area contributed by atoms with Gasteiger partial charge in [0, 0.05) is 12.5 Å². The van der Waals surface area contributed by atoms with E-state index in [-0.39, 0.29) is 10.6 Å². The molecule has 96 valence electrons. The van der Waals surface area contributed by atoms with Gasteiger partial charge in [-0.25, -0.2) is 0 Å². The molecule has 0 amide bonds. The van der Waals surface area contributed by atoms with Crippen molar-refractivity contribution in [3.63, 3.8) is 0 Å². The average molecular weight is 253 g/mol. The first-order chi connectivity index (χ1) is 9.20. The fourth-order valence-corrected chi connectivity index (χ4v) is 1.88. The van der Waals surface area contributed by atoms with Gasteiger partial charge >= 0.3 is 0 Å². The Kier molecular flexibility index (Phi) is 4.08. The normalized spacial score (nSPS) is 11.3. The zero-order valence-corrected chi connectivity index (χ0v) is 10.7. The summed E-state index contributed by atoms with van der Waals surface area (Å²) in [5.41, 5.74) is 3.33. The van der Waals surface area contributed by atoms with E-state index in [4.69, 9.17) is 0 Å². The molecule has 0 aromatic heterocycles. The third-order valence-electron chi connectivity index (χ3n) is 2.95. The maximum Gasteiger partial charge on any atom is 0.246 e. The van der Waals surface area contributed by atoms with Crippen LogP contribution in [0.25, 0.3) is 17.2 Å². The van der Waals surface area contributed by atoms with Crippen molar-refractivity contribution in [3.8, 4) is 11.1 Å². The Bertz CT molecular complexity index is 586.